The van der Waals surface area contributed by atoms with E-state index in [0.717, 1.165) is 0 Å². The van der Waals surface area contributed by atoms with Gasteiger partial charge in [0.2, 0.25) is 4.71 Å². The fourth-order valence-corrected chi connectivity index (χ4v) is 0.782. The Morgan fingerprint density at radius 2 is 1.60 bits per heavy atom. The average Bonchev–Trinajstić information content (AvgIpc) is 1.59. The Balaban J connectivity index is 4.56. The lowest BCUT2D eigenvalue weighted by Crippen LogP contribution is -2.28. The normalized spacial score (nSPS) is 16.9. The molecule has 62 valence electrons. The highest BCUT2D eigenvalue weighted by molar-refractivity contribution is 8.15. The fourth-order valence-electron chi connectivity index (χ4n) is 0.160. The maximum atomic E-state index is 11.3. The van der Waals surface area contributed by atoms with Crippen LogP contribution in [0.1, 0.15) is 0 Å². The first kappa shape index (κ1) is 10.3. The van der Waals surface area contributed by atoms with Crippen LogP contribution < -0.4 is 0 Å². The zero-order chi connectivity index (χ0) is 8.58. The molecule has 0 aromatic rings. The van der Waals surface area contributed by atoms with Gasteiger partial charge in [0.1, 0.15) is 0 Å². The molecule has 0 fully saturated rings. The number of hydrogen-bond acceptors (Lipinski definition) is 2. The van der Waals surface area contributed by atoms with Gasteiger partial charge < -0.3 is 0 Å². The molecule has 0 aliphatic heterocycles. The van der Waals surface area contributed by atoms with Crippen LogP contribution in [-0.4, -0.2) is 19.3 Å². The Morgan fingerprint density at radius 1 is 1.30 bits per heavy atom. The number of rotatable bonds is 1. The predicted octanol–water partition coefficient (Wildman–Crippen LogP) is 1.68. The second-order valence-electron chi connectivity index (χ2n) is 1.33. The molecule has 0 aromatic heterocycles. The first-order chi connectivity index (χ1) is 4.15. The molecule has 1 atom stereocenters. The van der Waals surface area contributed by atoms with Gasteiger partial charge in [-0.05, 0) is 0 Å². The molecule has 0 saturated carbocycles. The van der Waals surface area contributed by atoms with Crippen molar-refractivity contribution in [3.05, 3.63) is 0 Å². The first-order valence-electron chi connectivity index (χ1n) is 1.80. The largest absolute Gasteiger partial charge is 0.420 e. The summed E-state index contributed by atoms with van der Waals surface area (Å²) in [5.74, 6) is 0. The van der Waals surface area contributed by atoms with Crippen LogP contribution >= 0.6 is 22.3 Å². The van der Waals surface area contributed by atoms with E-state index >= 15 is 0 Å². The number of halogens is 5. The van der Waals surface area contributed by atoms with E-state index < -0.39 is 19.9 Å². The lowest BCUT2D eigenvalue weighted by molar-refractivity contribution is -0.114. The van der Waals surface area contributed by atoms with Crippen LogP contribution in [0.4, 0.5) is 13.2 Å². The topological polar surface area (TPSA) is 34.1 Å². The summed E-state index contributed by atoms with van der Waals surface area (Å²) >= 11 is 4.39. The highest BCUT2D eigenvalue weighted by Gasteiger charge is 2.46. The van der Waals surface area contributed by atoms with Crippen molar-refractivity contribution in [2.24, 2.45) is 0 Å². The molecule has 1 unspecified atom stereocenters. The van der Waals surface area contributed by atoms with Crippen LogP contribution in [0.3, 0.4) is 0 Å². The average molecular weight is 217 g/mol. The van der Waals surface area contributed by atoms with E-state index in [9.17, 15) is 21.6 Å². The molecule has 0 N–H and O–H groups in total. The molecule has 0 aliphatic rings. The second-order valence-corrected chi connectivity index (χ2v) is 4.74. The van der Waals surface area contributed by atoms with E-state index in [4.69, 9.17) is 0 Å². The van der Waals surface area contributed by atoms with E-state index in [1.807, 2.05) is 0 Å². The van der Waals surface area contributed by atoms with Gasteiger partial charge in [0.05, 0.1) is 0 Å². The fraction of sp³-hybridized carbons (Fsp3) is 1.00. The lowest BCUT2D eigenvalue weighted by atomic mass is 10.8. The van der Waals surface area contributed by atoms with Crippen LogP contribution in [0.25, 0.3) is 0 Å². The summed E-state index contributed by atoms with van der Waals surface area (Å²) in [7, 11) is -0.459. The third-order valence-electron chi connectivity index (χ3n) is 0.505. The summed E-state index contributed by atoms with van der Waals surface area (Å²) in [5, 5.41) is 0. The monoisotopic (exact) mass is 216 g/mol. The van der Waals surface area contributed by atoms with Crippen LogP contribution in [0, 0.1) is 0 Å². The molecule has 0 heterocycles. The summed E-state index contributed by atoms with van der Waals surface area (Å²) in [5.41, 5.74) is 0. The van der Waals surface area contributed by atoms with Gasteiger partial charge in [-0.2, -0.15) is 13.2 Å². The van der Waals surface area contributed by atoms with Crippen LogP contribution in [0.2, 0.25) is 0 Å². The minimum Gasteiger partial charge on any atom is -0.210 e. The molecule has 10 heavy (non-hydrogen) atoms. The van der Waals surface area contributed by atoms with Crippen molar-refractivity contribution in [1.29, 1.82) is 0 Å². The quantitative estimate of drug-likeness (QED) is 0.494. The van der Waals surface area contributed by atoms with Gasteiger partial charge in [-0.15, -0.1) is 0 Å². The third-order valence-corrected chi connectivity index (χ3v) is 3.03. The van der Waals surface area contributed by atoms with Gasteiger partial charge in [-0.1, -0.05) is 11.6 Å². The highest BCUT2D eigenvalue weighted by atomic mass is 35.7. The van der Waals surface area contributed by atoms with E-state index in [2.05, 4.69) is 22.3 Å². The van der Waals surface area contributed by atoms with Gasteiger partial charge in [0.25, 0.3) is 9.05 Å². The van der Waals surface area contributed by atoms with Crippen LogP contribution in [0.5, 0.6) is 0 Å². The van der Waals surface area contributed by atoms with Crippen molar-refractivity contribution in [2.45, 2.75) is 10.9 Å². The van der Waals surface area contributed by atoms with Gasteiger partial charge in [-0.3, -0.25) is 0 Å². The van der Waals surface area contributed by atoms with Crippen molar-refractivity contribution < 1.29 is 21.6 Å². The molecular formula is C2HCl2F3O2S. The molecule has 0 saturated heterocycles. The van der Waals surface area contributed by atoms with E-state index in [1.54, 1.807) is 0 Å². The van der Waals surface area contributed by atoms with E-state index in [0.29, 0.717) is 0 Å². The van der Waals surface area contributed by atoms with Crippen LogP contribution in [-0.2, 0) is 9.05 Å². The van der Waals surface area contributed by atoms with Crippen molar-refractivity contribution in [3.8, 4) is 0 Å². The van der Waals surface area contributed by atoms with Crippen molar-refractivity contribution in [2.75, 3.05) is 0 Å². The summed E-state index contributed by atoms with van der Waals surface area (Å²) < 4.78 is 50.8. The smallest absolute Gasteiger partial charge is 0.210 e. The summed E-state index contributed by atoms with van der Waals surface area (Å²) in [6.07, 6.45) is -5.01. The lowest BCUT2D eigenvalue weighted by Gasteiger charge is -2.08. The molecular weight excluding hydrogens is 216 g/mol. The maximum Gasteiger partial charge on any atom is 0.420 e. The van der Waals surface area contributed by atoms with Gasteiger partial charge in [0.15, 0.2) is 0 Å². The Morgan fingerprint density at radius 3 is 1.60 bits per heavy atom. The van der Waals surface area contributed by atoms with Crippen molar-refractivity contribution >= 4 is 31.3 Å². The molecule has 8 heteroatoms. The second kappa shape index (κ2) is 2.75. The van der Waals surface area contributed by atoms with Crippen molar-refractivity contribution in [1.82, 2.24) is 0 Å². The molecule has 0 aromatic carbocycles. The number of alkyl halides is 4. The van der Waals surface area contributed by atoms with Crippen LogP contribution in [0.15, 0.2) is 0 Å². The molecule has 0 bridgehead atoms. The number of hydrogen-bond donors (Lipinski definition) is 0. The van der Waals surface area contributed by atoms with Gasteiger partial charge in [0, 0.05) is 10.7 Å². The molecule has 0 rings (SSSR count). The first-order valence-corrected chi connectivity index (χ1v) is 4.61. The van der Waals surface area contributed by atoms with Crippen molar-refractivity contribution in [3.63, 3.8) is 0 Å². The molecule has 0 amide bonds. The zero-order valence-electron chi connectivity index (χ0n) is 4.19. The summed E-state index contributed by atoms with van der Waals surface area (Å²) in [6.45, 7) is 0. The summed E-state index contributed by atoms with van der Waals surface area (Å²) in [6, 6.07) is 0. The summed E-state index contributed by atoms with van der Waals surface area (Å²) in [4.78, 5) is 0. The maximum absolute atomic E-state index is 11.3. The Labute approximate surface area is 64.3 Å². The Hall–Kier alpha value is 0.320. The van der Waals surface area contributed by atoms with Gasteiger partial charge >= 0.3 is 6.18 Å². The minimum absolute atomic E-state index is 3.03. The molecule has 0 spiro atoms. The predicted molar refractivity (Wildman–Crippen MR) is 30.5 cm³/mol. The highest BCUT2D eigenvalue weighted by Crippen LogP contribution is 2.30. The SMILES string of the molecule is O=S(=O)(Cl)C(Cl)C(F)(F)F. The minimum atomic E-state index is -5.01. The van der Waals surface area contributed by atoms with E-state index in [-0.39, 0.29) is 0 Å². The standard InChI is InChI=1S/C2HCl2F3O2S/c3-1(2(5,6)7)10(4,8)9/h1H. The Bertz CT molecular complexity index is 207. The molecule has 2 nitrogen and oxygen atoms in total. The van der Waals surface area contributed by atoms with E-state index in [1.165, 1.54) is 0 Å². The zero-order valence-corrected chi connectivity index (χ0v) is 6.52. The molecule has 0 radical (unpaired) electrons. The third kappa shape index (κ3) is 2.94. The molecule has 0 aliphatic carbocycles. The Kier molecular flexibility index (Phi) is 2.84. The van der Waals surface area contributed by atoms with Gasteiger partial charge in [-0.25, -0.2) is 8.42 Å².